The van der Waals surface area contributed by atoms with E-state index in [9.17, 15) is 0 Å². The third-order valence-electron chi connectivity index (χ3n) is 1.09. The molecule has 0 bridgehead atoms. The van der Waals surface area contributed by atoms with Crippen molar-refractivity contribution < 1.29 is 0 Å². The maximum absolute atomic E-state index is 5.40. The SMILES string of the molecule is NCCc1nccc(N)n1. The highest BCUT2D eigenvalue weighted by molar-refractivity contribution is 5.24. The van der Waals surface area contributed by atoms with Crippen LogP contribution in [-0.4, -0.2) is 16.5 Å². The molecule has 0 spiro atoms. The number of aromatic nitrogens is 2. The first-order valence-corrected chi connectivity index (χ1v) is 3.10. The fraction of sp³-hybridized carbons (Fsp3) is 0.333. The van der Waals surface area contributed by atoms with E-state index < -0.39 is 0 Å². The molecule has 1 rings (SSSR count). The van der Waals surface area contributed by atoms with Crippen molar-refractivity contribution in [2.75, 3.05) is 12.3 Å². The quantitative estimate of drug-likeness (QED) is 0.580. The molecular formula is C6H10N4. The molecule has 0 aromatic carbocycles. The number of rotatable bonds is 2. The van der Waals surface area contributed by atoms with Crippen LogP contribution in [-0.2, 0) is 6.42 Å². The van der Waals surface area contributed by atoms with Gasteiger partial charge >= 0.3 is 0 Å². The van der Waals surface area contributed by atoms with Crippen LogP contribution in [0.15, 0.2) is 12.3 Å². The molecule has 10 heavy (non-hydrogen) atoms. The second-order valence-corrected chi connectivity index (χ2v) is 1.94. The highest BCUT2D eigenvalue weighted by Crippen LogP contribution is 1.95. The van der Waals surface area contributed by atoms with Crippen molar-refractivity contribution in [2.24, 2.45) is 5.73 Å². The highest BCUT2D eigenvalue weighted by Gasteiger charge is 1.92. The topological polar surface area (TPSA) is 77.8 Å². The van der Waals surface area contributed by atoms with E-state index in [0.717, 1.165) is 0 Å². The van der Waals surface area contributed by atoms with E-state index in [4.69, 9.17) is 11.5 Å². The minimum absolute atomic E-state index is 0.499. The van der Waals surface area contributed by atoms with Gasteiger partial charge in [-0.1, -0.05) is 0 Å². The minimum atomic E-state index is 0.499. The van der Waals surface area contributed by atoms with Gasteiger partial charge in [-0.15, -0.1) is 0 Å². The molecule has 0 unspecified atom stereocenters. The van der Waals surface area contributed by atoms with Crippen LogP contribution < -0.4 is 11.5 Å². The lowest BCUT2D eigenvalue weighted by Gasteiger charge is -1.95. The van der Waals surface area contributed by atoms with E-state index >= 15 is 0 Å². The van der Waals surface area contributed by atoms with E-state index in [2.05, 4.69) is 9.97 Å². The van der Waals surface area contributed by atoms with Crippen molar-refractivity contribution in [3.63, 3.8) is 0 Å². The molecule has 4 heteroatoms. The molecule has 1 heterocycles. The summed E-state index contributed by atoms with van der Waals surface area (Å²) in [6.45, 7) is 0.559. The molecule has 0 radical (unpaired) electrons. The molecule has 0 aliphatic carbocycles. The maximum Gasteiger partial charge on any atom is 0.131 e. The van der Waals surface area contributed by atoms with Crippen LogP contribution in [0.25, 0.3) is 0 Å². The number of anilines is 1. The van der Waals surface area contributed by atoms with Crippen molar-refractivity contribution in [1.82, 2.24) is 9.97 Å². The van der Waals surface area contributed by atoms with Gasteiger partial charge in [0.05, 0.1) is 0 Å². The summed E-state index contributed by atoms with van der Waals surface area (Å²) in [6.07, 6.45) is 2.32. The Kier molecular flexibility index (Phi) is 2.17. The van der Waals surface area contributed by atoms with Gasteiger partial charge in [0.2, 0.25) is 0 Å². The van der Waals surface area contributed by atoms with Crippen LogP contribution in [0.1, 0.15) is 5.82 Å². The van der Waals surface area contributed by atoms with E-state index in [0.29, 0.717) is 24.6 Å². The Balaban J connectivity index is 2.75. The maximum atomic E-state index is 5.40. The Labute approximate surface area is 59.3 Å². The summed E-state index contributed by atoms with van der Waals surface area (Å²) in [4.78, 5) is 7.91. The van der Waals surface area contributed by atoms with Gasteiger partial charge in [0, 0.05) is 12.6 Å². The van der Waals surface area contributed by atoms with E-state index in [-0.39, 0.29) is 0 Å². The van der Waals surface area contributed by atoms with Crippen LogP contribution in [0.3, 0.4) is 0 Å². The van der Waals surface area contributed by atoms with Crippen LogP contribution in [0.5, 0.6) is 0 Å². The average Bonchev–Trinajstić information content (AvgIpc) is 1.88. The normalized spacial score (nSPS) is 9.70. The van der Waals surface area contributed by atoms with Crippen LogP contribution in [0, 0.1) is 0 Å². The molecule has 0 saturated carbocycles. The van der Waals surface area contributed by atoms with E-state index in [1.807, 2.05) is 0 Å². The summed E-state index contributed by atoms with van der Waals surface area (Å²) in [5, 5.41) is 0. The first-order chi connectivity index (χ1) is 4.83. The molecule has 0 fully saturated rings. The third-order valence-corrected chi connectivity index (χ3v) is 1.09. The Morgan fingerprint density at radius 3 is 2.90 bits per heavy atom. The summed E-state index contributed by atoms with van der Waals surface area (Å²) in [7, 11) is 0. The first-order valence-electron chi connectivity index (χ1n) is 3.10. The molecule has 0 amide bonds. The van der Waals surface area contributed by atoms with Gasteiger partial charge in [-0.25, -0.2) is 9.97 Å². The molecule has 1 aromatic rings. The summed E-state index contributed by atoms with van der Waals surface area (Å²) < 4.78 is 0. The lowest BCUT2D eigenvalue weighted by molar-refractivity contribution is 0.871. The first kappa shape index (κ1) is 6.95. The molecule has 54 valence electrons. The Bertz CT molecular complexity index is 211. The van der Waals surface area contributed by atoms with Crippen LogP contribution in [0.2, 0.25) is 0 Å². The van der Waals surface area contributed by atoms with Crippen LogP contribution >= 0.6 is 0 Å². The van der Waals surface area contributed by atoms with E-state index in [1.54, 1.807) is 12.3 Å². The van der Waals surface area contributed by atoms with Gasteiger partial charge in [-0.05, 0) is 12.6 Å². The number of hydrogen-bond acceptors (Lipinski definition) is 4. The summed E-state index contributed by atoms with van der Waals surface area (Å²) in [5.74, 6) is 1.21. The highest BCUT2D eigenvalue weighted by atomic mass is 14.9. The molecule has 0 saturated heterocycles. The zero-order valence-corrected chi connectivity index (χ0v) is 5.62. The molecule has 0 aliphatic heterocycles. The molecule has 0 atom stereocenters. The Morgan fingerprint density at radius 1 is 1.50 bits per heavy atom. The fourth-order valence-corrected chi connectivity index (χ4v) is 0.664. The van der Waals surface area contributed by atoms with Crippen molar-refractivity contribution in [2.45, 2.75) is 6.42 Å². The van der Waals surface area contributed by atoms with Gasteiger partial charge in [0.25, 0.3) is 0 Å². The second kappa shape index (κ2) is 3.12. The van der Waals surface area contributed by atoms with Gasteiger partial charge in [0.1, 0.15) is 11.6 Å². The zero-order chi connectivity index (χ0) is 7.40. The lowest BCUT2D eigenvalue weighted by atomic mass is 10.4. The number of nitrogens with zero attached hydrogens (tertiary/aromatic N) is 2. The van der Waals surface area contributed by atoms with Gasteiger partial charge < -0.3 is 11.5 Å². The predicted molar refractivity (Wildman–Crippen MR) is 39.2 cm³/mol. The molecule has 4 N–H and O–H groups in total. The van der Waals surface area contributed by atoms with Crippen LogP contribution in [0.4, 0.5) is 5.82 Å². The van der Waals surface area contributed by atoms with Gasteiger partial charge in [-0.2, -0.15) is 0 Å². The zero-order valence-electron chi connectivity index (χ0n) is 5.62. The van der Waals surface area contributed by atoms with Crippen molar-refractivity contribution >= 4 is 5.82 Å². The largest absolute Gasteiger partial charge is 0.384 e. The molecule has 1 aromatic heterocycles. The molecule has 0 aliphatic rings. The summed E-state index contributed by atoms with van der Waals surface area (Å²) >= 11 is 0. The summed E-state index contributed by atoms with van der Waals surface area (Å²) in [5.41, 5.74) is 10.7. The monoisotopic (exact) mass is 138 g/mol. The molecule has 4 nitrogen and oxygen atoms in total. The van der Waals surface area contributed by atoms with Crippen molar-refractivity contribution in [3.05, 3.63) is 18.1 Å². The smallest absolute Gasteiger partial charge is 0.131 e. The number of nitrogens with two attached hydrogens (primary N) is 2. The van der Waals surface area contributed by atoms with Gasteiger partial charge in [0.15, 0.2) is 0 Å². The number of hydrogen-bond donors (Lipinski definition) is 2. The minimum Gasteiger partial charge on any atom is -0.384 e. The van der Waals surface area contributed by atoms with Gasteiger partial charge in [-0.3, -0.25) is 0 Å². The molecular weight excluding hydrogens is 128 g/mol. The summed E-state index contributed by atoms with van der Waals surface area (Å²) in [6, 6.07) is 1.65. The van der Waals surface area contributed by atoms with Crippen molar-refractivity contribution in [3.8, 4) is 0 Å². The number of nitrogen functional groups attached to an aromatic ring is 1. The Hall–Kier alpha value is -1.16. The predicted octanol–water partition coefficient (Wildman–Crippen LogP) is -0.440. The van der Waals surface area contributed by atoms with E-state index in [1.165, 1.54) is 0 Å². The fourth-order valence-electron chi connectivity index (χ4n) is 0.664. The lowest BCUT2D eigenvalue weighted by Crippen LogP contribution is -2.07. The standard InChI is InChI=1S/C6H10N4/c7-3-1-6-9-4-2-5(8)10-6/h2,4H,1,3,7H2,(H2,8,9,10). The Morgan fingerprint density at radius 2 is 2.30 bits per heavy atom. The average molecular weight is 138 g/mol. The third kappa shape index (κ3) is 1.66. The van der Waals surface area contributed by atoms with Crippen molar-refractivity contribution in [1.29, 1.82) is 0 Å². The second-order valence-electron chi connectivity index (χ2n) is 1.94.